The molecule has 0 radical (unpaired) electrons. The van der Waals surface area contributed by atoms with Gasteiger partial charge in [0.25, 0.3) is 0 Å². The fourth-order valence-electron chi connectivity index (χ4n) is 3.40. The van der Waals surface area contributed by atoms with Crippen LogP contribution in [0.1, 0.15) is 25.3 Å². The van der Waals surface area contributed by atoms with Gasteiger partial charge in [0.15, 0.2) is 0 Å². The molecule has 1 fully saturated rings. The van der Waals surface area contributed by atoms with Crippen LogP contribution in [0.15, 0.2) is 24.8 Å². The summed E-state index contributed by atoms with van der Waals surface area (Å²) in [5, 5.41) is 9.77. The SMILES string of the molecule is N#CCC(=O)N1CCCC(n2cnc3cnc4[nH]ccc4c32)C1. The van der Waals surface area contributed by atoms with Gasteiger partial charge in [-0.2, -0.15) is 5.26 Å². The number of hydrogen-bond acceptors (Lipinski definition) is 4. The van der Waals surface area contributed by atoms with Crippen LogP contribution in [0.3, 0.4) is 0 Å². The molecule has 0 aliphatic carbocycles. The first-order valence-corrected chi connectivity index (χ1v) is 7.71. The van der Waals surface area contributed by atoms with Gasteiger partial charge in [0.2, 0.25) is 5.91 Å². The first-order valence-electron chi connectivity index (χ1n) is 7.71. The molecule has 7 nitrogen and oxygen atoms in total. The Bertz CT molecular complexity index is 918. The molecule has 0 aromatic carbocycles. The number of hydrogen-bond donors (Lipinski definition) is 1. The van der Waals surface area contributed by atoms with Gasteiger partial charge < -0.3 is 14.5 Å². The third kappa shape index (κ3) is 2.23. The smallest absolute Gasteiger partial charge is 0.236 e. The number of piperidine rings is 1. The quantitative estimate of drug-likeness (QED) is 0.784. The van der Waals surface area contributed by atoms with Crippen molar-refractivity contribution in [1.29, 1.82) is 5.26 Å². The number of fused-ring (bicyclic) bond motifs is 3. The van der Waals surface area contributed by atoms with E-state index in [-0.39, 0.29) is 18.4 Å². The highest BCUT2D eigenvalue weighted by Gasteiger charge is 2.26. The zero-order valence-corrected chi connectivity index (χ0v) is 12.6. The second-order valence-corrected chi connectivity index (χ2v) is 5.85. The van der Waals surface area contributed by atoms with Crippen LogP contribution in [0.5, 0.6) is 0 Å². The fourth-order valence-corrected chi connectivity index (χ4v) is 3.40. The Morgan fingerprint density at radius 3 is 3.26 bits per heavy atom. The summed E-state index contributed by atoms with van der Waals surface area (Å²) in [5.74, 6) is -0.0879. The first kappa shape index (κ1) is 13.8. The number of nitrogens with zero attached hydrogens (tertiary/aromatic N) is 5. The molecular weight excluding hydrogens is 292 g/mol. The summed E-state index contributed by atoms with van der Waals surface area (Å²) in [5.41, 5.74) is 2.75. The van der Waals surface area contributed by atoms with E-state index < -0.39 is 0 Å². The number of carbonyl (C=O) groups is 1. The summed E-state index contributed by atoms with van der Waals surface area (Å²) in [6.07, 6.45) is 7.36. The molecule has 116 valence electrons. The minimum Gasteiger partial charge on any atom is -0.346 e. The van der Waals surface area contributed by atoms with Crippen molar-refractivity contribution < 1.29 is 4.79 Å². The molecule has 1 aliphatic heterocycles. The molecule has 0 bridgehead atoms. The second-order valence-electron chi connectivity index (χ2n) is 5.85. The third-order valence-corrected chi connectivity index (χ3v) is 4.49. The zero-order chi connectivity index (χ0) is 15.8. The van der Waals surface area contributed by atoms with Gasteiger partial charge in [-0.1, -0.05) is 0 Å². The van der Waals surface area contributed by atoms with E-state index in [9.17, 15) is 4.79 Å². The van der Waals surface area contributed by atoms with Crippen LogP contribution in [0.2, 0.25) is 0 Å². The average Bonchev–Trinajstić information content (AvgIpc) is 3.21. The summed E-state index contributed by atoms with van der Waals surface area (Å²) < 4.78 is 2.15. The van der Waals surface area contributed by atoms with Gasteiger partial charge in [-0.3, -0.25) is 4.79 Å². The number of aromatic nitrogens is 4. The van der Waals surface area contributed by atoms with E-state index in [2.05, 4.69) is 19.5 Å². The van der Waals surface area contributed by atoms with Gasteiger partial charge in [0.1, 0.15) is 17.6 Å². The van der Waals surface area contributed by atoms with Crippen LogP contribution in [0.4, 0.5) is 0 Å². The van der Waals surface area contributed by atoms with Crippen molar-refractivity contribution in [3.05, 3.63) is 24.8 Å². The van der Waals surface area contributed by atoms with Crippen molar-refractivity contribution in [2.24, 2.45) is 0 Å². The molecule has 1 saturated heterocycles. The van der Waals surface area contributed by atoms with Crippen molar-refractivity contribution in [3.8, 4) is 6.07 Å². The van der Waals surface area contributed by atoms with Gasteiger partial charge in [-0.25, -0.2) is 9.97 Å². The Balaban J connectivity index is 1.72. The predicted molar refractivity (Wildman–Crippen MR) is 84.5 cm³/mol. The third-order valence-electron chi connectivity index (χ3n) is 4.49. The number of pyridine rings is 1. The summed E-state index contributed by atoms with van der Waals surface area (Å²) >= 11 is 0. The van der Waals surface area contributed by atoms with E-state index in [0.717, 1.165) is 41.5 Å². The lowest BCUT2D eigenvalue weighted by atomic mass is 10.0. The minimum atomic E-state index is -0.0879. The molecule has 23 heavy (non-hydrogen) atoms. The van der Waals surface area contributed by atoms with Crippen LogP contribution in [-0.4, -0.2) is 43.4 Å². The molecule has 4 rings (SSSR count). The van der Waals surface area contributed by atoms with Crippen LogP contribution in [-0.2, 0) is 4.79 Å². The van der Waals surface area contributed by atoms with Gasteiger partial charge in [-0.15, -0.1) is 0 Å². The summed E-state index contributed by atoms with van der Waals surface area (Å²) in [6.45, 7) is 1.35. The predicted octanol–water partition coefficient (Wildman–Crippen LogP) is 1.99. The zero-order valence-electron chi connectivity index (χ0n) is 12.6. The van der Waals surface area contributed by atoms with E-state index in [1.54, 1.807) is 11.1 Å². The highest BCUT2D eigenvalue weighted by molar-refractivity contribution is 6.01. The monoisotopic (exact) mass is 308 g/mol. The highest BCUT2D eigenvalue weighted by Crippen LogP contribution is 2.29. The molecule has 3 aromatic rings. The van der Waals surface area contributed by atoms with Gasteiger partial charge in [0.05, 0.1) is 30.2 Å². The lowest BCUT2D eigenvalue weighted by molar-refractivity contribution is -0.131. The van der Waals surface area contributed by atoms with E-state index in [4.69, 9.17) is 5.26 Å². The van der Waals surface area contributed by atoms with Crippen LogP contribution >= 0.6 is 0 Å². The standard InChI is InChI=1S/C16H16N6O/c17-5-3-14(23)21-7-1-2-11(9-21)22-10-20-13-8-19-16-12(15(13)22)4-6-18-16/h4,6,8,10-11H,1-3,7,9H2,(H,18,19). The van der Waals surface area contributed by atoms with Crippen LogP contribution < -0.4 is 0 Å². The van der Waals surface area contributed by atoms with E-state index in [0.29, 0.717) is 6.54 Å². The molecule has 1 atom stereocenters. The lowest BCUT2D eigenvalue weighted by Crippen LogP contribution is -2.40. The molecule has 3 aromatic heterocycles. The van der Waals surface area contributed by atoms with E-state index in [1.165, 1.54) is 0 Å². The van der Waals surface area contributed by atoms with Crippen molar-refractivity contribution in [2.75, 3.05) is 13.1 Å². The number of likely N-dealkylation sites (tertiary alicyclic amines) is 1. The van der Waals surface area contributed by atoms with Gasteiger partial charge >= 0.3 is 0 Å². The molecular formula is C16H16N6O. The number of rotatable bonds is 2. The maximum atomic E-state index is 12.0. The first-order chi connectivity index (χ1) is 11.3. The summed E-state index contributed by atoms with van der Waals surface area (Å²) in [4.78, 5) is 25.7. The van der Waals surface area contributed by atoms with Gasteiger partial charge in [-0.05, 0) is 18.9 Å². The normalized spacial score (nSPS) is 18.4. The number of amides is 1. The van der Waals surface area contributed by atoms with Crippen LogP contribution in [0.25, 0.3) is 22.1 Å². The highest BCUT2D eigenvalue weighted by atomic mass is 16.2. The van der Waals surface area contributed by atoms with Crippen molar-refractivity contribution in [2.45, 2.75) is 25.3 Å². The Morgan fingerprint density at radius 1 is 1.48 bits per heavy atom. The maximum absolute atomic E-state index is 12.0. The number of H-pyrrole nitrogens is 1. The van der Waals surface area contributed by atoms with E-state index in [1.807, 2.05) is 24.7 Å². The Kier molecular flexibility index (Phi) is 3.23. The second kappa shape index (κ2) is 5.39. The molecule has 0 spiro atoms. The Labute approximate surface area is 132 Å². The van der Waals surface area contributed by atoms with Gasteiger partial charge in [0, 0.05) is 24.7 Å². The number of aromatic amines is 1. The number of imidazole rings is 1. The average molecular weight is 308 g/mol. The largest absolute Gasteiger partial charge is 0.346 e. The molecule has 0 saturated carbocycles. The lowest BCUT2D eigenvalue weighted by Gasteiger charge is -2.33. The van der Waals surface area contributed by atoms with Crippen molar-refractivity contribution in [1.82, 2.24) is 24.4 Å². The molecule has 1 N–H and O–H groups in total. The van der Waals surface area contributed by atoms with Crippen LogP contribution in [0, 0.1) is 11.3 Å². The minimum absolute atomic E-state index is 0.0522. The Hall–Kier alpha value is -2.88. The summed E-state index contributed by atoms with van der Waals surface area (Å²) in [7, 11) is 0. The number of nitriles is 1. The molecule has 7 heteroatoms. The topological polar surface area (TPSA) is 90.6 Å². The van der Waals surface area contributed by atoms with Crippen molar-refractivity contribution in [3.63, 3.8) is 0 Å². The fraction of sp³-hybridized carbons (Fsp3) is 0.375. The number of nitrogens with one attached hydrogen (secondary N) is 1. The Morgan fingerprint density at radius 2 is 2.39 bits per heavy atom. The number of carbonyl (C=O) groups excluding carboxylic acids is 1. The molecule has 1 unspecified atom stereocenters. The van der Waals surface area contributed by atoms with E-state index >= 15 is 0 Å². The molecule has 4 heterocycles. The summed E-state index contributed by atoms with van der Waals surface area (Å²) in [6, 6.07) is 4.12. The molecule has 1 aliphatic rings. The maximum Gasteiger partial charge on any atom is 0.236 e. The molecule has 1 amide bonds. The van der Waals surface area contributed by atoms with Crippen molar-refractivity contribution >= 4 is 28.0 Å².